The van der Waals surface area contributed by atoms with E-state index < -0.39 is 0 Å². The lowest BCUT2D eigenvalue weighted by atomic mass is 10.1. The molecule has 0 atom stereocenters. The quantitative estimate of drug-likeness (QED) is 0.166. The minimum Gasteiger partial charge on any atom is -0.378 e. The summed E-state index contributed by atoms with van der Waals surface area (Å²) in [4.78, 5) is 11.1. The summed E-state index contributed by atoms with van der Waals surface area (Å²) < 4.78 is 0. The van der Waals surface area contributed by atoms with Gasteiger partial charge in [-0.2, -0.15) is 0 Å². The first kappa shape index (κ1) is 30.7. The Balaban J connectivity index is 0.000000227. The van der Waals surface area contributed by atoms with Crippen molar-refractivity contribution >= 4 is 28.4 Å². The predicted octanol–water partition coefficient (Wildman–Crippen LogP) is 8.38. The summed E-state index contributed by atoms with van der Waals surface area (Å²) in [6.07, 6.45) is 1.81. The molecule has 0 unspecified atom stereocenters. The monoisotopic (exact) mass is 578 g/mol. The number of pyridine rings is 1. The molecule has 0 bridgehead atoms. The molecule has 2 aromatic heterocycles. The molecule has 0 spiro atoms. The van der Waals surface area contributed by atoms with E-state index in [-0.39, 0.29) is 0 Å². The Labute approximate surface area is 255 Å². The Morgan fingerprint density at radius 1 is 0.524 bits per heavy atom. The first-order valence-corrected chi connectivity index (χ1v) is 15.5. The molecule has 218 valence electrons. The zero-order chi connectivity index (χ0) is 29.9. The van der Waals surface area contributed by atoms with Gasteiger partial charge in [-0.1, -0.05) is 29.5 Å². The second-order valence-corrected chi connectivity index (χ2v) is 11.0. The van der Waals surface area contributed by atoms with Crippen LogP contribution in [0, 0.1) is 0 Å². The van der Waals surface area contributed by atoms with E-state index in [4.69, 9.17) is 0 Å². The smallest absolute Gasteiger partial charge is 0.148 e. The molecule has 0 saturated carbocycles. The van der Waals surface area contributed by atoms with Crippen LogP contribution in [0.2, 0.25) is 0 Å². The first-order chi connectivity index (χ1) is 20.5. The van der Waals surface area contributed by atoms with Crippen molar-refractivity contribution in [3.8, 4) is 32.4 Å². The summed E-state index contributed by atoms with van der Waals surface area (Å²) in [6.45, 7) is 12.8. The van der Waals surface area contributed by atoms with E-state index in [0.29, 0.717) is 0 Å². The summed E-state index contributed by atoms with van der Waals surface area (Å²) in [5, 5.41) is 10.7. The standard InChI is InChI=1S/C22H28N4S.C13H14N2/c1-5-25(6-2)19-13-9-17(10-14-19)21-23-24-22(27-21)18-11-15-20(16-12-18)26(7-3)8-4;1-15(2)12-8-6-11(7-9-12)13-5-3-4-10-14-13/h9-16H,5-8H2,1-4H3;3-10H,1-2H3. The first-order valence-electron chi connectivity index (χ1n) is 14.7. The summed E-state index contributed by atoms with van der Waals surface area (Å²) in [5.41, 5.74) is 8.11. The van der Waals surface area contributed by atoms with Crippen molar-refractivity contribution < 1.29 is 0 Å². The average Bonchev–Trinajstić information content (AvgIpc) is 3.54. The normalized spacial score (nSPS) is 10.5. The Bertz CT molecular complexity index is 1400. The molecule has 0 aliphatic rings. The highest BCUT2D eigenvalue weighted by atomic mass is 32.1. The summed E-state index contributed by atoms with van der Waals surface area (Å²) in [6, 6.07) is 31.6. The fourth-order valence-corrected chi connectivity index (χ4v) is 5.58. The van der Waals surface area contributed by atoms with Gasteiger partial charge >= 0.3 is 0 Å². The molecule has 5 aromatic rings. The number of rotatable bonds is 10. The van der Waals surface area contributed by atoms with Gasteiger partial charge in [0.2, 0.25) is 0 Å². The Kier molecular flexibility index (Phi) is 11.1. The van der Waals surface area contributed by atoms with Gasteiger partial charge < -0.3 is 14.7 Å². The molecule has 5 rings (SSSR count). The van der Waals surface area contributed by atoms with Gasteiger partial charge in [0.15, 0.2) is 0 Å². The molecule has 0 aliphatic carbocycles. The molecule has 0 saturated heterocycles. The number of hydrogen-bond acceptors (Lipinski definition) is 7. The number of nitrogens with zero attached hydrogens (tertiary/aromatic N) is 6. The molecular weight excluding hydrogens is 536 g/mol. The van der Waals surface area contributed by atoms with Crippen molar-refractivity contribution in [2.24, 2.45) is 0 Å². The van der Waals surface area contributed by atoms with Crippen LogP contribution in [-0.2, 0) is 0 Å². The molecular formula is C35H42N6S. The lowest BCUT2D eigenvalue weighted by Gasteiger charge is -2.20. The third-order valence-electron chi connectivity index (χ3n) is 7.26. The molecule has 2 heterocycles. The average molecular weight is 579 g/mol. The van der Waals surface area contributed by atoms with Crippen LogP contribution in [0.15, 0.2) is 97.2 Å². The van der Waals surface area contributed by atoms with E-state index in [9.17, 15) is 0 Å². The van der Waals surface area contributed by atoms with Crippen molar-refractivity contribution in [1.82, 2.24) is 15.2 Å². The number of anilines is 3. The molecule has 0 aliphatic heterocycles. The second-order valence-electron chi connectivity index (χ2n) is 10.0. The van der Waals surface area contributed by atoms with Crippen LogP contribution < -0.4 is 14.7 Å². The highest BCUT2D eigenvalue weighted by Gasteiger charge is 2.10. The van der Waals surface area contributed by atoms with Gasteiger partial charge in [0.1, 0.15) is 10.0 Å². The zero-order valence-corrected chi connectivity index (χ0v) is 26.5. The van der Waals surface area contributed by atoms with Gasteiger partial charge in [-0.15, -0.1) is 10.2 Å². The number of hydrogen-bond donors (Lipinski definition) is 0. The predicted molar refractivity (Wildman–Crippen MR) is 182 cm³/mol. The van der Waals surface area contributed by atoms with Gasteiger partial charge in [-0.05, 0) is 100 Å². The Morgan fingerprint density at radius 2 is 0.952 bits per heavy atom. The number of benzene rings is 3. The van der Waals surface area contributed by atoms with E-state index in [1.807, 2.05) is 38.5 Å². The van der Waals surface area contributed by atoms with Crippen molar-refractivity contribution in [2.45, 2.75) is 27.7 Å². The van der Waals surface area contributed by atoms with Crippen molar-refractivity contribution in [3.63, 3.8) is 0 Å². The fourth-order valence-electron chi connectivity index (χ4n) is 4.73. The molecule has 0 N–H and O–H groups in total. The molecule has 7 heteroatoms. The van der Waals surface area contributed by atoms with Crippen LogP contribution in [-0.4, -0.2) is 55.5 Å². The summed E-state index contributed by atoms with van der Waals surface area (Å²) >= 11 is 1.64. The molecule has 0 radical (unpaired) electrons. The highest BCUT2D eigenvalue weighted by Crippen LogP contribution is 2.32. The maximum Gasteiger partial charge on any atom is 0.148 e. The van der Waals surface area contributed by atoms with E-state index in [0.717, 1.165) is 58.6 Å². The van der Waals surface area contributed by atoms with Gasteiger partial charge in [0.05, 0.1) is 5.69 Å². The van der Waals surface area contributed by atoms with Crippen LogP contribution >= 0.6 is 11.3 Å². The SMILES string of the molecule is CCN(CC)c1ccc(-c2nnc(-c3ccc(N(CC)CC)cc3)s2)cc1.CN(C)c1ccc(-c2ccccn2)cc1. The Hall–Kier alpha value is -4.23. The van der Waals surface area contributed by atoms with Crippen molar-refractivity contribution in [1.29, 1.82) is 0 Å². The number of aromatic nitrogens is 3. The molecule has 0 fully saturated rings. The van der Waals surface area contributed by atoms with Crippen LogP contribution in [0.1, 0.15) is 27.7 Å². The third kappa shape index (κ3) is 7.74. The van der Waals surface area contributed by atoms with Gasteiger partial charge in [-0.25, -0.2) is 0 Å². The van der Waals surface area contributed by atoms with Gasteiger partial charge in [0.25, 0.3) is 0 Å². The molecule has 42 heavy (non-hydrogen) atoms. The zero-order valence-electron chi connectivity index (χ0n) is 25.7. The van der Waals surface area contributed by atoms with Crippen LogP contribution in [0.4, 0.5) is 17.1 Å². The Morgan fingerprint density at radius 3 is 1.33 bits per heavy atom. The largest absolute Gasteiger partial charge is 0.378 e. The maximum atomic E-state index is 4.41. The second kappa shape index (κ2) is 15.1. The molecule has 6 nitrogen and oxygen atoms in total. The molecule has 0 amide bonds. The molecule has 3 aromatic carbocycles. The maximum absolute atomic E-state index is 4.41. The van der Waals surface area contributed by atoms with Crippen LogP contribution in [0.3, 0.4) is 0 Å². The fraction of sp³-hybridized carbons (Fsp3) is 0.286. The van der Waals surface area contributed by atoms with E-state index >= 15 is 0 Å². The lowest BCUT2D eigenvalue weighted by molar-refractivity contribution is 0.866. The van der Waals surface area contributed by atoms with Gasteiger partial charge in [-0.3, -0.25) is 4.98 Å². The van der Waals surface area contributed by atoms with Gasteiger partial charge in [0, 0.05) is 80.2 Å². The third-order valence-corrected chi connectivity index (χ3v) is 8.28. The van der Waals surface area contributed by atoms with E-state index in [1.165, 1.54) is 17.1 Å². The minimum atomic E-state index is 0.962. The topological polar surface area (TPSA) is 48.4 Å². The van der Waals surface area contributed by atoms with Crippen molar-refractivity contribution in [3.05, 3.63) is 97.2 Å². The van der Waals surface area contributed by atoms with Crippen molar-refractivity contribution in [2.75, 3.05) is 55.0 Å². The summed E-state index contributed by atoms with van der Waals surface area (Å²) in [5.74, 6) is 0. The van der Waals surface area contributed by atoms with Crippen LogP contribution in [0.25, 0.3) is 32.4 Å². The minimum absolute atomic E-state index is 0.962. The lowest BCUT2D eigenvalue weighted by Crippen LogP contribution is -2.21. The highest BCUT2D eigenvalue weighted by molar-refractivity contribution is 7.17. The summed E-state index contributed by atoms with van der Waals surface area (Å²) in [7, 11) is 4.07. The van der Waals surface area contributed by atoms with Crippen LogP contribution in [0.5, 0.6) is 0 Å². The van der Waals surface area contributed by atoms with E-state index in [2.05, 4.69) is 130 Å². The van der Waals surface area contributed by atoms with E-state index in [1.54, 1.807) is 11.3 Å².